The third-order valence-electron chi connectivity index (χ3n) is 5.18. The summed E-state index contributed by atoms with van der Waals surface area (Å²) < 4.78 is 4.62. The fourth-order valence-corrected chi connectivity index (χ4v) is 3.03. The first kappa shape index (κ1) is 20.7. The van der Waals surface area contributed by atoms with Crippen LogP contribution in [0.5, 0.6) is 0 Å². The van der Waals surface area contributed by atoms with Gasteiger partial charge in [0.1, 0.15) is 18.2 Å². The van der Waals surface area contributed by atoms with Crippen LogP contribution in [-0.4, -0.2) is 60.3 Å². The summed E-state index contributed by atoms with van der Waals surface area (Å²) in [5.74, 6) is -0.776. The van der Waals surface area contributed by atoms with Crippen molar-refractivity contribution in [3.8, 4) is 0 Å². The van der Waals surface area contributed by atoms with Crippen LogP contribution in [0.4, 0.5) is 4.79 Å². The highest BCUT2D eigenvalue weighted by Gasteiger charge is 2.51. The molecule has 0 radical (unpaired) electrons. The topological polar surface area (TPSA) is 88.2 Å². The normalized spacial score (nSPS) is 21.3. The van der Waals surface area contributed by atoms with E-state index >= 15 is 0 Å². The van der Waals surface area contributed by atoms with E-state index in [0.717, 1.165) is 5.56 Å². The smallest absolute Gasteiger partial charge is 0.407 e. The van der Waals surface area contributed by atoms with Gasteiger partial charge in [0.05, 0.1) is 7.11 Å². The SMILES string of the molecule is COC(=O)N[C@@H](Cc1ccccc1)C(=O)ON1CC(=O)N(C)[C@@]1(C)C(C)C. The van der Waals surface area contributed by atoms with Gasteiger partial charge >= 0.3 is 12.1 Å². The molecule has 148 valence electrons. The molecule has 1 aromatic rings. The van der Waals surface area contributed by atoms with Crippen molar-refractivity contribution < 1.29 is 24.0 Å². The zero-order chi connectivity index (χ0) is 20.2. The number of carbonyl (C=O) groups is 3. The lowest BCUT2D eigenvalue weighted by molar-refractivity contribution is -0.231. The van der Waals surface area contributed by atoms with Crippen LogP contribution in [0.1, 0.15) is 26.3 Å². The lowest BCUT2D eigenvalue weighted by Gasteiger charge is -2.41. The molecule has 0 bridgehead atoms. The molecule has 1 fully saturated rings. The van der Waals surface area contributed by atoms with E-state index in [-0.39, 0.29) is 24.8 Å². The number of carbonyl (C=O) groups excluding carboxylic acids is 3. The Bertz CT molecular complexity index is 694. The largest absolute Gasteiger partial charge is 0.453 e. The maximum Gasteiger partial charge on any atom is 0.407 e. The third-order valence-corrected chi connectivity index (χ3v) is 5.18. The van der Waals surface area contributed by atoms with Gasteiger partial charge in [0, 0.05) is 13.5 Å². The van der Waals surface area contributed by atoms with Gasteiger partial charge in [0.25, 0.3) is 0 Å². The number of methoxy groups -OCH3 is 1. The molecular formula is C19H27N3O5. The number of hydrogen-bond acceptors (Lipinski definition) is 6. The van der Waals surface area contributed by atoms with Crippen LogP contribution in [0.3, 0.4) is 0 Å². The molecule has 1 N–H and O–H groups in total. The maximum atomic E-state index is 12.8. The Kier molecular flexibility index (Phi) is 6.43. The lowest BCUT2D eigenvalue weighted by Crippen LogP contribution is -2.56. The van der Waals surface area contributed by atoms with E-state index in [1.165, 1.54) is 12.2 Å². The van der Waals surface area contributed by atoms with E-state index in [9.17, 15) is 14.4 Å². The van der Waals surface area contributed by atoms with E-state index in [2.05, 4.69) is 10.1 Å². The van der Waals surface area contributed by atoms with Gasteiger partial charge in [-0.05, 0) is 18.4 Å². The van der Waals surface area contributed by atoms with Gasteiger partial charge in [0.15, 0.2) is 0 Å². The van der Waals surface area contributed by atoms with Gasteiger partial charge in [-0.2, -0.15) is 0 Å². The molecule has 1 heterocycles. The predicted molar refractivity (Wildman–Crippen MR) is 98.3 cm³/mol. The van der Waals surface area contributed by atoms with Crippen molar-refractivity contribution in [1.29, 1.82) is 0 Å². The second kappa shape index (κ2) is 8.39. The summed E-state index contributed by atoms with van der Waals surface area (Å²) in [5, 5.41) is 3.90. The molecule has 2 amide bonds. The first-order valence-corrected chi connectivity index (χ1v) is 8.84. The minimum atomic E-state index is -0.947. The van der Waals surface area contributed by atoms with Crippen LogP contribution in [0.2, 0.25) is 0 Å². The summed E-state index contributed by atoms with van der Waals surface area (Å²) in [6.45, 7) is 5.71. The van der Waals surface area contributed by atoms with Crippen LogP contribution in [0, 0.1) is 5.92 Å². The number of benzene rings is 1. The van der Waals surface area contributed by atoms with Crippen molar-refractivity contribution in [2.75, 3.05) is 20.7 Å². The number of ether oxygens (including phenoxy) is 1. The molecular weight excluding hydrogens is 350 g/mol. The summed E-state index contributed by atoms with van der Waals surface area (Å²) in [6.07, 6.45) is -0.487. The van der Waals surface area contributed by atoms with Crippen LogP contribution >= 0.6 is 0 Å². The Morgan fingerprint density at radius 2 is 1.89 bits per heavy atom. The van der Waals surface area contributed by atoms with E-state index in [1.807, 2.05) is 51.1 Å². The van der Waals surface area contributed by atoms with Gasteiger partial charge in [-0.1, -0.05) is 44.2 Å². The molecule has 2 atom stereocenters. The average molecular weight is 377 g/mol. The number of nitrogens with zero attached hydrogens (tertiary/aromatic N) is 2. The molecule has 0 spiro atoms. The number of rotatable bonds is 6. The molecule has 0 aliphatic carbocycles. The molecule has 0 saturated carbocycles. The van der Waals surface area contributed by atoms with Crippen LogP contribution in [0.15, 0.2) is 30.3 Å². The minimum Gasteiger partial charge on any atom is -0.453 e. The number of likely N-dealkylation sites (N-methyl/N-ethyl adjacent to an activating group) is 1. The van der Waals surface area contributed by atoms with Crippen molar-refractivity contribution >= 4 is 18.0 Å². The van der Waals surface area contributed by atoms with E-state index in [1.54, 1.807) is 11.9 Å². The number of nitrogens with one attached hydrogen (secondary N) is 1. The summed E-state index contributed by atoms with van der Waals surface area (Å²) in [6, 6.07) is 8.32. The molecule has 2 rings (SSSR count). The Morgan fingerprint density at radius 1 is 1.26 bits per heavy atom. The van der Waals surface area contributed by atoms with Crippen molar-refractivity contribution in [3.05, 3.63) is 35.9 Å². The monoisotopic (exact) mass is 377 g/mol. The molecule has 0 unspecified atom stereocenters. The van der Waals surface area contributed by atoms with Gasteiger partial charge < -0.3 is 19.8 Å². The third kappa shape index (κ3) is 4.39. The summed E-state index contributed by atoms with van der Waals surface area (Å²) in [7, 11) is 2.91. The Balaban J connectivity index is 2.19. The Labute approximate surface area is 159 Å². The molecule has 1 aromatic carbocycles. The van der Waals surface area contributed by atoms with Crippen molar-refractivity contribution in [2.24, 2.45) is 5.92 Å². The van der Waals surface area contributed by atoms with Crippen molar-refractivity contribution in [1.82, 2.24) is 15.3 Å². The zero-order valence-electron chi connectivity index (χ0n) is 16.4. The van der Waals surface area contributed by atoms with Crippen LogP contribution in [-0.2, 0) is 25.6 Å². The van der Waals surface area contributed by atoms with E-state index in [0.29, 0.717) is 0 Å². The zero-order valence-corrected chi connectivity index (χ0v) is 16.4. The lowest BCUT2D eigenvalue weighted by atomic mass is 9.98. The average Bonchev–Trinajstić information content (AvgIpc) is 2.86. The molecule has 27 heavy (non-hydrogen) atoms. The van der Waals surface area contributed by atoms with E-state index in [4.69, 9.17) is 4.84 Å². The number of alkyl carbamates (subject to hydrolysis) is 1. The molecule has 8 nitrogen and oxygen atoms in total. The molecule has 8 heteroatoms. The van der Waals surface area contributed by atoms with Crippen molar-refractivity contribution in [2.45, 2.75) is 38.9 Å². The Morgan fingerprint density at radius 3 is 2.44 bits per heavy atom. The summed E-state index contributed by atoms with van der Waals surface area (Å²) >= 11 is 0. The van der Waals surface area contributed by atoms with Crippen LogP contribution in [0.25, 0.3) is 0 Å². The summed E-state index contributed by atoms with van der Waals surface area (Å²) in [5.41, 5.74) is 0.0899. The molecule has 1 saturated heterocycles. The Hall–Kier alpha value is -2.61. The van der Waals surface area contributed by atoms with Gasteiger partial charge in [-0.15, -0.1) is 5.06 Å². The fourth-order valence-electron chi connectivity index (χ4n) is 3.03. The van der Waals surface area contributed by atoms with Gasteiger partial charge in [-0.3, -0.25) is 4.79 Å². The summed E-state index contributed by atoms with van der Waals surface area (Å²) in [4.78, 5) is 43.8. The van der Waals surface area contributed by atoms with Crippen LogP contribution < -0.4 is 5.32 Å². The fraction of sp³-hybridized carbons (Fsp3) is 0.526. The molecule has 1 aliphatic rings. The maximum absolute atomic E-state index is 12.8. The highest BCUT2D eigenvalue weighted by molar-refractivity contribution is 5.83. The first-order chi connectivity index (χ1) is 12.7. The number of hydroxylamine groups is 2. The second-order valence-corrected chi connectivity index (χ2v) is 7.03. The van der Waals surface area contributed by atoms with Crippen molar-refractivity contribution in [3.63, 3.8) is 0 Å². The number of hydrogen-bond donors (Lipinski definition) is 1. The predicted octanol–water partition coefficient (Wildman–Crippen LogP) is 1.56. The quantitative estimate of drug-likeness (QED) is 0.809. The van der Waals surface area contributed by atoms with E-state index < -0.39 is 23.8 Å². The molecule has 1 aliphatic heterocycles. The minimum absolute atomic E-state index is 0.0166. The highest BCUT2D eigenvalue weighted by atomic mass is 16.7. The first-order valence-electron chi connectivity index (χ1n) is 8.84. The highest BCUT2D eigenvalue weighted by Crippen LogP contribution is 2.33. The standard InChI is InChI=1S/C19H27N3O5/c1-13(2)19(3)21(4)16(23)12-22(19)27-17(24)15(20-18(25)26-5)11-14-9-7-6-8-10-14/h6-10,13,15H,11-12H2,1-5H3,(H,20,25)/t15-,19+/m0/s1. The molecule has 0 aromatic heterocycles. The second-order valence-electron chi connectivity index (χ2n) is 7.03. The van der Waals surface area contributed by atoms with Gasteiger partial charge in [-0.25, -0.2) is 9.59 Å². The van der Waals surface area contributed by atoms with Gasteiger partial charge in [0.2, 0.25) is 5.91 Å². The number of amides is 2.